The molecule has 0 amide bonds. The Hall–Kier alpha value is -1.51. The van der Waals surface area contributed by atoms with E-state index in [1.54, 1.807) is 6.92 Å². The van der Waals surface area contributed by atoms with Gasteiger partial charge in [-0.25, -0.2) is 17.5 Å². The van der Waals surface area contributed by atoms with Crippen molar-refractivity contribution in [3.8, 4) is 0 Å². The van der Waals surface area contributed by atoms with Gasteiger partial charge in [0.15, 0.2) is 5.82 Å². The van der Waals surface area contributed by atoms with Crippen molar-refractivity contribution in [1.82, 2.24) is 14.9 Å². The summed E-state index contributed by atoms with van der Waals surface area (Å²) >= 11 is 5.74. The molecule has 1 unspecified atom stereocenters. The van der Waals surface area contributed by atoms with Gasteiger partial charge in [0, 0.05) is 6.92 Å². The van der Waals surface area contributed by atoms with Crippen molar-refractivity contribution in [1.29, 1.82) is 0 Å². The van der Waals surface area contributed by atoms with Crippen LogP contribution in [-0.2, 0) is 10.0 Å². The summed E-state index contributed by atoms with van der Waals surface area (Å²) in [5, 5.41) is 3.40. The van der Waals surface area contributed by atoms with Gasteiger partial charge in [-0.05, 0) is 19.1 Å². The molecule has 1 N–H and O–H groups in total. The van der Waals surface area contributed by atoms with Gasteiger partial charge in [0.2, 0.25) is 15.9 Å². The average Bonchev–Trinajstić information content (AvgIpc) is 2.74. The molecule has 0 aliphatic rings. The second-order valence-corrected chi connectivity index (χ2v) is 6.12. The van der Waals surface area contributed by atoms with Gasteiger partial charge in [0.1, 0.15) is 10.7 Å². The molecule has 2 rings (SSSR count). The van der Waals surface area contributed by atoms with Gasteiger partial charge in [-0.2, -0.15) is 4.98 Å². The summed E-state index contributed by atoms with van der Waals surface area (Å²) < 4.78 is 44.9. The quantitative estimate of drug-likeness (QED) is 0.933. The fourth-order valence-corrected chi connectivity index (χ4v) is 3.38. The summed E-state index contributed by atoms with van der Waals surface area (Å²) in [6.45, 7) is 3.09. The van der Waals surface area contributed by atoms with Crippen LogP contribution >= 0.6 is 11.6 Å². The van der Waals surface area contributed by atoms with Crippen LogP contribution < -0.4 is 4.72 Å². The van der Waals surface area contributed by atoms with Crippen LogP contribution in [0.25, 0.3) is 0 Å². The molecule has 1 heterocycles. The highest BCUT2D eigenvalue weighted by Crippen LogP contribution is 2.25. The van der Waals surface area contributed by atoms with Gasteiger partial charge >= 0.3 is 0 Å². The largest absolute Gasteiger partial charge is 0.340 e. The Labute approximate surface area is 120 Å². The van der Waals surface area contributed by atoms with E-state index < -0.39 is 26.8 Å². The molecule has 0 aliphatic heterocycles. The Balaban J connectivity index is 2.32. The highest BCUT2D eigenvalue weighted by atomic mass is 35.5. The predicted molar refractivity (Wildman–Crippen MR) is 69.2 cm³/mol. The Kier molecular flexibility index (Phi) is 4.07. The molecule has 0 saturated heterocycles. The van der Waals surface area contributed by atoms with Crippen molar-refractivity contribution >= 4 is 21.6 Å². The zero-order chi connectivity index (χ0) is 14.9. The fourth-order valence-electron chi connectivity index (χ4n) is 1.57. The SMILES string of the molecule is Cc1nc(C(C)NS(=O)(=O)c2c(F)cccc2Cl)no1. The van der Waals surface area contributed by atoms with Crippen LogP contribution in [0.1, 0.15) is 24.7 Å². The summed E-state index contributed by atoms with van der Waals surface area (Å²) in [5.74, 6) is -0.477. The smallest absolute Gasteiger partial charge is 0.245 e. The number of nitrogens with one attached hydrogen (secondary N) is 1. The summed E-state index contributed by atoms with van der Waals surface area (Å²) in [7, 11) is -4.14. The Morgan fingerprint density at radius 3 is 2.70 bits per heavy atom. The van der Waals surface area contributed by atoms with Gasteiger partial charge in [0.25, 0.3) is 0 Å². The fraction of sp³-hybridized carbons (Fsp3) is 0.273. The number of benzene rings is 1. The molecule has 1 aromatic carbocycles. The first kappa shape index (κ1) is 14.9. The third-order valence-electron chi connectivity index (χ3n) is 2.45. The highest BCUT2D eigenvalue weighted by Gasteiger charge is 2.26. The maximum absolute atomic E-state index is 13.6. The standard InChI is InChI=1S/C11H11ClFN3O3S/c1-6(11-14-7(2)19-15-11)16-20(17,18)10-8(12)4-3-5-9(10)13/h3-6,16H,1-2H3. The van der Waals surface area contributed by atoms with Crippen LogP contribution in [-0.4, -0.2) is 18.6 Å². The molecule has 1 aromatic heterocycles. The van der Waals surface area contributed by atoms with Crippen molar-refractivity contribution in [3.05, 3.63) is 40.8 Å². The minimum Gasteiger partial charge on any atom is -0.340 e. The molecule has 108 valence electrons. The van der Waals surface area contributed by atoms with Crippen molar-refractivity contribution in [2.24, 2.45) is 0 Å². The number of aryl methyl sites for hydroxylation is 1. The predicted octanol–water partition coefficient (Wildman–Crippen LogP) is 2.21. The molecule has 0 aliphatic carbocycles. The maximum Gasteiger partial charge on any atom is 0.245 e. The zero-order valence-electron chi connectivity index (χ0n) is 10.6. The van der Waals surface area contributed by atoms with E-state index in [1.165, 1.54) is 19.1 Å². The van der Waals surface area contributed by atoms with Crippen LogP contribution in [0.2, 0.25) is 5.02 Å². The van der Waals surface area contributed by atoms with Gasteiger partial charge in [0.05, 0.1) is 11.1 Å². The number of hydrogen-bond acceptors (Lipinski definition) is 5. The van der Waals surface area contributed by atoms with Gasteiger partial charge < -0.3 is 4.52 Å². The number of rotatable bonds is 4. The lowest BCUT2D eigenvalue weighted by Crippen LogP contribution is -2.28. The van der Waals surface area contributed by atoms with Gasteiger partial charge in [-0.1, -0.05) is 22.8 Å². The summed E-state index contributed by atoms with van der Waals surface area (Å²) in [6.07, 6.45) is 0. The Bertz CT molecular complexity index is 712. The van der Waals surface area contributed by atoms with Crippen LogP contribution in [0.3, 0.4) is 0 Å². The van der Waals surface area contributed by atoms with Crippen molar-refractivity contribution < 1.29 is 17.3 Å². The first-order valence-electron chi connectivity index (χ1n) is 5.58. The molecule has 1 atom stereocenters. The average molecular weight is 320 g/mol. The Morgan fingerprint density at radius 1 is 1.45 bits per heavy atom. The third kappa shape index (κ3) is 2.97. The second-order valence-electron chi connectivity index (χ2n) is 4.07. The van der Waals surface area contributed by atoms with Crippen LogP contribution in [0.5, 0.6) is 0 Å². The molecule has 20 heavy (non-hydrogen) atoms. The third-order valence-corrected chi connectivity index (χ3v) is 4.49. The lowest BCUT2D eigenvalue weighted by Gasteiger charge is -2.12. The molecule has 2 aromatic rings. The molecule has 0 saturated carbocycles. The molecule has 9 heteroatoms. The first-order chi connectivity index (χ1) is 9.31. The number of aromatic nitrogens is 2. The van der Waals surface area contributed by atoms with E-state index in [4.69, 9.17) is 16.1 Å². The highest BCUT2D eigenvalue weighted by molar-refractivity contribution is 7.89. The maximum atomic E-state index is 13.6. The van der Waals surface area contributed by atoms with E-state index in [0.29, 0.717) is 5.89 Å². The zero-order valence-corrected chi connectivity index (χ0v) is 12.2. The molecule has 0 radical (unpaired) electrons. The molecule has 6 nitrogen and oxygen atoms in total. The number of hydrogen-bond donors (Lipinski definition) is 1. The molecule has 0 fully saturated rings. The van der Waals surface area contributed by atoms with Crippen LogP contribution in [0, 0.1) is 12.7 Å². The van der Waals surface area contributed by atoms with E-state index in [9.17, 15) is 12.8 Å². The number of nitrogens with zero attached hydrogens (tertiary/aromatic N) is 2. The number of halogens is 2. The van der Waals surface area contributed by atoms with E-state index in [2.05, 4.69) is 14.9 Å². The van der Waals surface area contributed by atoms with Gasteiger partial charge in [-0.3, -0.25) is 0 Å². The minimum absolute atomic E-state index is 0.151. The normalized spacial score (nSPS) is 13.4. The van der Waals surface area contributed by atoms with Crippen molar-refractivity contribution in [2.75, 3.05) is 0 Å². The number of sulfonamides is 1. The Morgan fingerprint density at radius 2 is 2.15 bits per heavy atom. The molecule has 0 spiro atoms. The van der Waals surface area contributed by atoms with E-state index in [1.807, 2.05) is 0 Å². The van der Waals surface area contributed by atoms with E-state index >= 15 is 0 Å². The summed E-state index contributed by atoms with van der Waals surface area (Å²) in [4.78, 5) is 3.30. The van der Waals surface area contributed by atoms with Crippen LogP contribution in [0.15, 0.2) is 27.6 Å². The molecular weight excluding hydrogens is 309 g/mol. The lowest BCUT2D eigenvalue weighted by molar-refractivity contribution is 0.383. The molecular formula is C11H11ClFN3O3S. The summed E-state index contributed by atoms with van der Waals surface area (Å²) in [6, 6.07) is 2.85. The second kappa shape index (κ2) is 5.47. The summed E-state index contributed by atoms with van der Waals surface area (Å²) in [5.41, 5.74) is 0. The lowest BCUT2D eigenvalue weighted by atomic mass is 10.3. The van der Waals surface area contributed by atoms with Gasteiger partial charge in [-0.15, -0.1) is 0 Å². The van der Waals surface area contributed by atoms with Crippen molar-refractivity contribution in [3.63, 3.8) is 0 Å². The van der Waals surface area contributed by atoms with Crippen LogP contribution in [0.4, 0.5) is 4.39 Å². The first-order valence-corrected chi connectivity index (χ1v) is 7.44. The van der Waals surface area contributed by atoms with Crippen molar-refractivity contribution in [2.45, 2.75) is 24.8 Å². The molecule has 0 bridgehead atoms. The topological polar surface area (TPSA) is 85.1 Å². The van der Waals surface area contributed by atoms with E-state index in [-0.39, 0.29) is 10.8 Å². The minimum atomic E-state index is -4.14. The van der Waals surface area contributed by atoms with E-state index in [0.717, 1.165) is 6.07 Å². The monoisotopic (exact) mass is 319 g/mol.